The Bertz CT molecular complexity index is 1200. The molecule has 136 valence electrons. The number of aryl methyl sites for hydroxylation is 2. The lowest BCUT2D eigenvalue weighted by atomic mass is 10.1. The Kier molecular flexibility index (Phi) is 4.08. The van der Waals surface area contributed by atoms with Crippen molar-refractivity contribution in [2.75, 3.05) is 5.32 Å². The molecule has 0 aliphatic rings. The van der Waals surface area contributed by atoms with Crippen LogP contribution in [0.3, 0.4) is 0 Å². The van der Waals surface area contributed by atoms with Gasteiger partial charge in [0.05, 0.1) is 5.52 Å². The van der Waals surface area contributed by atoms with Crippen molar-refractivity contribution in [3.63, 3.8) is 0 Å². The van der Waals surface area contributed by atoms with E-state index in [9.17, 15) is 9.59 Å². The van der Waals surface area contributed by atoms with Gasteiger partial charge in [-0.1, -0.05) is 29.4 Å². The first-order valence-electron chi connectivity index (χ1n) is 8.29. The molecule has 4 aromatic rings. The van der Waals surface area contributed by atoms with Crippen molar-refractivity contribution in [1.82, 2.24) is 14.7 Å². The summed E-state index contributed by atoms with van der Waals surface area (Å²) in [5.74, 6) is -0.0999. The number of amides is 1. The third-order valence-corrected chi connectivity index (χ3v) is 4.24. The van der Waals surface area contributed by atoms with E-state index in [4.69, 9.17) is 8.94 Å². The van der Waals surface area contributed by atoms with Crippen LogP contribution in [0, 0.1) is 6.92 Å². The molecule has 0 radical (unpaired) electrons. The average molecular weight is 364 g/mol. The molecule has 8 nitrogen and oxygen atoms in total. The zero-order chi connectivity index (χ0) is 19.0. The van der Waals surface area contributed by atoms with Crippen LogP contribution in [-0.2, 0) is 18.3 Å². The van der Waals surface area contributed by atoms with Gasteiger partial charge in [-0.05, 0) is 24.6 Å². The quantitative estimate of drug-likeness (QED) is 0.597. The van der Waals surface area contributed by atoms with Crippen molar-refractivity contribution in [3.8, 4) is 11.4 Å². The van der Waals surface area contributed by atoms with Gasteiger partial charge >= 0.3 is 5.76 Å². The highest BCUT2D eigenvalue weighted by Gasteiger charge is 2.14. The second-order valence-corrected chi connectivity index (χ2v) is 6.16. The van der Waals surface area contributed by atoms with E-state index in [1.807, 2.05) is 31.2 Å². The Morgan fingerprint density at radius 3 is 2.85 bits per heavy atom. The van der Waals surface area contributed by atoms with Crippen LogP contribution in [0.2, 0.25) is 0 Å². The molecule has 1 amide bonds. The van der Waals surface area contributed by atoms with Crippen LogP contribution in [0.4, 0.5) is 5.69 Å². The molecule has 0 saturated carbocycles. The smallest absolute Gasteiger partial charge is 0.408 e. The zero-order valence-electron chi connectivity index (χ0n) is 14.7. The minimum atomic E-state index is -0.455. The Hall–Kier alpha value is -3.68. The van der Waals surface area contributed by atoms with E-state index >= 15 is 0 Å². The molecule has 2 heterocycles. The van der Waals surface area contributed by atoms with Crippen molar-refractivity contribution in [3.05, 3.63) is 64.5 Å². The molecule has 0 fully saturated rings. The second-order valence-electron chi connectivity index (χ2n) is 6.16. The summed E-state index contributed by atoms with van der Waals surface area (Å²) in [7, 11) is 1.62. The molecule has 0 bridgehead atoms. The standard InChI is InChI=1S/C19H16N4O4/c1-11-5-3-4-6-13(11)18-21-17(27-22-18)10-16(24)20-12-7-8-14-15(9-12)26-19(25)23(14)2/h3-9H,10H2,1-2H3,(H,20,24). The van der Waals surface area contributed by atoms with Gasteiger partial charge in [-0.15, -0.1) is 0 Å². The fourth-order valence-corrected chi connectivity index (χ4v) is 2.81. The predicted molar refractivity (Wildman–Crippen MR) is 98.3 cm³/mol. The molecule has 4 rings (SSSR count). The molecule has 27 heavy (non-hydrogen) atoms. The first-order chi connectivity index (χ1) is 13.0. The van der Waals surface area contributed by atoms with Crippen LogP contribution in [0.1, 0.15) is 11.5 Å². The molecular formula is C19H16N4O4. The number of nitrogens with zero attached hydrogens (tertiary/aromatic N) is 3. The van der Waals surface area contributed by atoms with E-state index in [0.29, 0.717) is 22.6 Å². The van der Waals surface area contributed by atoms with E-state index in [1.165, 1.54) is 4.57 Å². The number of hydrogen-bond acceptors (Lipinski definition) is 6. The monoisotopic (exact) mass is 364 g/mol. The molecule has 0 unspecified atom stereocenters. The van der Waals surface area contributed by atoms with Gasteiger partial charge < -0.3 is 14.3 Å². The lowest BCUT2D eigenvalue weighted by Gasteiger charge is -2.03. The molecule has 0 spiro atoms. The minimum absolute atomic E-state index is 0.0599. The molecule has 1 N–H and O–H groups in total. The summed E-state index contributed by atoms with van der Waals surface area (Å²) in [6.07, 6.45) is -0.0599. The third-order valence-electron chi connectivity index (χ3n) is 4.24. The van der Waals surface area contributed by atoms with Crippen LogP contribution in [0.5, 0.6) is 0 Å². The van der Waals surface area contributed by atoms with E-state index in [2.05, 4.69) is 15.5 Å². The maximum atomic E-state index is 12.3. The number of anilines is 1. The van der Waals surface area contributed by atoms with Crippen LogP contribution in [-0.4, -0.2) is 20.6 Å². The summed E-state index contributed by atoms with van der Waals surface area (Å²) in [6.45, 7) is 1.95. The molecule has 0 aliphatic heterocycles. The number of aromatic nitrogens is 3. The fourth-order valence-electron chi connectivity index (χ4n) is 2.81. The van der Waals surface area contributed by atoms with Gasteiger partial charge in [-0.2, -0.15) is 4.98 Å². The van der Waals surface area contributed by atoms with Crippen molar-refractivity contribution in [1.29, 1.82) is 0 Å². The number of hydrogen-bond donors (Lipinski definition) is 1. The number of rotatable bonds is 4. The Balaban J connectivity index is 1.48. The van der Waals surface area contributed by atoms with Gasteiger partial charge in [-0.3, -0.25) is 9.36 Å². The third kappa shape index (κ3) is 3.24. The maximum Gasteiger partial charge on any atom is 0.419 e. The Morgan fingerprint density at radius 2 is 2.04 bits per heavy atom. The van der Waals surface area contributed by atoms with Gasteiger partial charge in [0.25, 0.3) is 0 Å². The van der Waals surface area contributed by atoms with Gasteiger partial charge in [0, 0.05) is 24.4 Å². The number of nitrogens with one attached hydrogen (secondary N) is 1. The molecule has 2 aromatic heterocycles. The normalized spacial score (nSPS) is 11.0. The van der Waals surface area contributed by atoms with Crippen LogP contribution in [0.25, 0.3) is 22.5 Å². The number of oxazole rings is 1. The number of carbonyl (C=O) groups is 1. The highest BCUT2D eigenvalue weighted by molar-refractivity contribution is 5.93. The number of carbonyl (C=O) groups excluding carboxylic acids is 1. The summed E-state index contributed by atoms with van der Waals surface area (Å²) in [5.41, 5.74) is 3.45. The second kappa shape index (κ2) is 6.56. The van der Waals surface area contributed by atoms with Gasteiger partial charge in [0.1, 0.15) is 6.42 Å². The molecule has 0 atom stereocenters. The van der Waals surface area contributed by atoms with E-state index < -0.39 is 5.76 Å². The highest BCUT2D eigenvalue weighted by Crippen LogP contribution is 2.21. The van der Waals surface area contributed by atoms with E-state index in [1.54, 1.807) is 25.2 Å². The SMILES string of the molecule is Cc1ccccc1-c1noc(CC(=O)Nc2ccc3c(c2)oc(=O)n3C)n1. The van der Waals surface area contributed by atoms with Gasteiger partial charge in [0.2, 0.25) is 17.6 Å². The lowest BCUT2D eigenvalue weighted by Crippen LogP contribution is -2.14. The summed E-state index contributed by atoms with van der Waals surface area (Å²) in [4.78, 5) is 28.1. The Labute approximate surface area is 153 Å². The van der Waals surface area contributed by atoms with E-state index in [0.717, 1.165) is 11.1 Å². The molecule has 8 heteroatoms. The number of benzene rings is 2. The van der Waals surface area contributed by atoms with E-state index in [-0.39, 0.29) is 18.2 Å². The highest BCUT2D eigenvalue weighted by atomic mass is 16.5. The van der Waals surface area contributed by atoms with Gasteiger partial charge in [0.15, 0.2) is 5.58 Å². The predicted octanol–water partition coefficient (Wildman–Crippen LogP) is 2.67. The van der Waals surface area contributed by atoms with Crippen LogP contribution < -0.4 is 11.1 Å². The zero-order valence-corrected chi connectivity index (χ0v) is 14.7. The van der Waals surface area contributed by atoms with Crippen LogP contribution >= 0.6 is 0 Å². The largest absolute Gasteiger partial charge is 0.419 e. The minimum Gasteiger partial charge on any atom is -0.408 e. The summed E-state index contributed by atoms with van der Waals surface area (Å²) in [5, 5.41) is 6.68. The summed E-state index contributed by atoms with van der Waals surface area (Å²) >= 11 is 0. The van der Waals surface area contributed by atoms with Crippen molar-refractivity contribution in [2.45, 2.75) is 13.3 Å². The van der Waals surface area contributed by atoms with Crippen molar-refractivity contribution >= 4 is 22.7 Å². The summed E-state index contributed by atoms with van der Waals surface area (Å²) < 4.78 is 11.7. The van der Waals surface area contributed by atoms with Crippen molar-refractivity contribution in [2.24, 2.45) is 7.05 Å². The summed E-state index contributed by atoms with van der Waals surface area (Å²) in [6, 6.07) is 12.7. The lowest BCUT2D eigenvalue weighted by molar-refractivity contribution is -0.115. The molecule has 0 aliphatic carbocycles. The van der Waals surface area contributed by atoms with Crippen LogP contribution in [0.15, 0.2) is 56.2 Å². The topological polar surface area (TPSA) is 103 Å². The average Bonchev–Trinajstić information content (AvgIpc) is 3.20. The Morgan fingerprint density at radius 1 is 1.22 bits per heavy atom. The maximum absolute atomic E-state index is 12.3. The molecule has 0 saturated heterocycles. The molecular weight excluding hydrogens is 348 g/mol. The fraction of sp³-hybridized carbons (Fsp3) is 0.158. The molecule has 2 aromatic carbocycles. The van der Waals surface area contributed by atoms with Crippen molar-refractivity contribution < 1.29 is 13.7 Å². The number of fused-ring (bicyclic) bond motifs is 1. The first-order valence-corrected chi connectivity index (χ1v) is 8.29. The van der Waals surface area contributed by atoms with Gasteiger partial charge in [-0.25, -0.2) is 4.79 Å². The first kappa shape index (κ1) is 16.8.